The zero-order valence-corrected chi connectivity index (χ0v) is 16.1. The summed E-state index contributed by atoms with van der Waals surface area (Å²) in [5.41, 5.74) is 1.53. The van der Waals surface area contributed by atoms with Gasteiger partial charge in [-0.1, -0.05) is 12.1 Å². The Morgan fingerprint density at radius 2 is 1.67 bits per heavy atom. The second-order valence-corrected chi connectivity index (χ2v) is 6.82. The maximum atomic E-state index is 13.7. The molecule has 3 aromatic carbocycles. The number of anilines is 3. The Kier molecular flexibility index (Phi) is 4.83. The molecule has 0 bridgehead atoms. The van der Waals surface area contributed by atoms with Gasteiger partial charge in [0, 0.05) is 12.7 Å². The van der Waals surface area contributed by atoms with E-state index in [0.717, 1.165) is 17.7 Å². The van der Waals surface area contributed by atoms with E-state index < -0.39 is 23.4 Å². The second kappa shape index (κ2) is 7.47. The number of hydrogen-bond acceptors (Lipinski definition) is 3. The maximum absolute atomic E-state index is 13.7. The number of hydrogen-bond donors (Lipinski definition) is 2. The van der Waals surface area contributed by atoms with Crippen molar-refractivity contribution >= 4 is 29.0 Å². The highest BCUT2D eigenvalue weighted by molar-refractivity contribution is 6.10. The van der Waals surface area contributed by atoms with Crippen LogP contribution < -0.4 is 20.3 Å². The lowest BCUT2D eigenvalue weighted by Crippen LogP contribution is -2.25. The molecule has 3 aromatic rings. The third-order valence-electron chi connectivity index (χ3n) is 4.67. The van der Waals surface area contributed by atoms with Crippen LogP contribution in [0.3, 0.4) is 0 Å². The van der Waals surface area contributed by atoms with E-state index in [-0.39, 0.29) is 17.2 Å². The lowest BCUT2D eigenvalue weighted by Gasteiger charge is -2.17. The molecule has 0 atom stereocenters. The molecule has 8 heteroatoms. The van der Waals surface area contributed by atoms with Crippen LogP contribution >= 0.6 is 0 Å². The van der Waals surface area contributed by atoms with Gasteiger partial charge >= 0.3 is 6.03 Å². The first kappa shape index (κ1) is 19.4. The number of rotatable bonds is 2. The normalized spacial score (nSPS) is 12.4. The summed E-state index contributed by atoms with van der Waals surface area (Å²) in [5, 5.41) is 4.60. The average molecular weight is 409 g/mol. The highest BCUT2D eigenvalue weighted by Crippen LogP contribution is 2.39. The van der Waals surface area contributed by atoms with Gasteiger partial charge < -0.3 is 20.3 Å². The molecule has 4 rings (SSSR count). The van der Waals surface area contributed by atoms with Crippen molar-refractivity contribution in [2.75, 3.05) is 22.6 Å². The molecule has 0 fully saturated rings. The van der Waals surface area contributed by atoms with E-state index in [9.17, 15) is 18.4 Å². The number of carbonyl (C=O) groups excluding carboxylic acids is 2. The predicted octanol–water partition coefficient (Wildman–Crippen LogP) is 5.30. The van der Waals surface area contributed by atoms with Crippen molar-refractivity contribution in [1.29, 1.82) is 0 Å². The summed E-state index contributed by atoms with van der Waals surface area (Å²) in [7, 11) is 1.63. The molecule has 0 radical (unpaired) electrons. The van der Waals surface area contributed by atoms with Crippen LogP contribution in [0.15, 0.2) is 54.6 Å². The van der Waals surface area contributed by atoms with Crippen LogP contribution in [0.4, 0.5) is 30.6 Å². The van der Waals surface area contributed by atoms with Crippen LogP contribution in [0.5, 0.6) is 11.5 Å². The number of benzene rings is 3. The Hall–Kier alpha value is -3.94. The summed E-state index contributed by atoms with van der Waals surface area (Å²) in [5.74, 6) is -1.25. The van der Waals surface area contributed by atoms with Gasteiger partial charge in [-0.25, -0.2) is 13.6 Å². The van der Waals surface area contributed by atoms with Crippen LogP contribution in [0.25, 0.3) is 0 Å². The minimum absolute atomic E-state index is 0.237. The number of ether oxygens (including phenoxy) is 1. The minimum Gasteiger partial charge on any atom is -0.454 e. The van der Waals surface area contributed by atoms with Gasteiger partial charge in [0.15, 0.2) is 5.75 Å². The zero-order chi connectivity index (χ0) is 21.4. The largest absolute Gasteiger partial charge is 0.454 e. The molecule has 2 N–H and O–H groups in total. The molecule has 0 spiro atoms. The van der Waals surface area contributed by atoms with E-state index in [2.05, 4.69) is 10.6 Å². The third-order valence-corrected chi connectivity index (χ3v) is 4.67. The van der Waals surface area contributed by atoms with E-state index in [1.54, 1.807) is 19.2 Å². The van der Waals surface area contributed by atoms with Crippen LogP contribution in [0.1, 0.15) is 15.9 Å². The molecule has 1 aliphatic rings. The highest BCUT2D eigenvalue weighted by atomic mass is 19.1. The number of fused-ring (bicyclic) bond motifs is 2. The molecule has 3 amide bonds. The molecule has 0 aromatic heterocycles. The summed E-state index contributed by atoms with van der Waals surface area (Å²) >= 11 is 0. The number of para-hydroxylation sites is 1. The summed E-state index contributed by atoms with van der Waals surface area (Å²) in [6.45, 7) is 1.91. The minimum atomic E-state index is -0.898. The van der Waals surface area contributed by atoms with Crippen molar-refractivity contribution in [3.05, 3.63) is 77.4 Å². The molecular formula is C22H17F2N3O3. The molecule has 0 saturated heterocycles. The topological polar surface area (TPSA) is 70.7 Å². The first-order valence-corrected chi connectivity index (χ1v) is 9.06. The van der Waals surface area contributed by atoms with E-state index in [1.165, 1.54) is 23.1 Å². The number of amides is 3. The fraction of sp³-hybridized carbons (Fsp3) is 0.0909. The smallest absolute Gasteiger partial charge is 0.323 e. The van der Waals surface area contributed by atoms with E-state index in [1.807, 2.05) is 19.1 Å². The van der Waals surface area contributed by atoms with Crippen molar-refractivity contribution < 1.29 is 23.1 Å². The van der Waals surface area contributed by atoms with Crippen molar-refractivity contribution in [3.8, 4) is 11.5 Å². The first-order chi connectivity index (χ1) is 14.3. The quantitative estimate of drug-likeness (QED) is 0.603. The van der Waals surface area contributed by atoms with Gasteiger partial charge in [-0.15, -0.1) is 0 Å². The molecule has 30 heavy (non-hydrogen) atoms. The number of carbonyl (C=O) groups is 2. The fourth-order valence-electron chi connectivity index (χ4n) is 3.14. The zero-order valence-electron chi connectivity index (χ0n) is 16.1. The van der Waals surface area contributed by atoms with Gasteiger partial charge in [0.2, 0.25) is 0 Å². The van der Waals surface area contributed by atoms with Crippen LogP contribution in [-0.2, 0) is 0 Å². The van der Waals surface area contributed by atoms with Crippen molar-refractivity contribution in [2.24, 2.45) is 0 Å². The number of aryl methyl sites for hydroxylation is 1. The van der Waals surface area contributed by atoms with Crippen molar-refractivity contribution in [1.82, 2.24) is 0 Å². The molecule has 6 nitrogen and oxygen atoms in total. The predicted molar refractivity (Wildman–Crippen MR) is 109 cm³/mol. The Morgan fingerprint density at radius 3 is 2.40 bits per heavy atom. The van der Waals surface area contributed by atoms with Gasteiger partial charge in [-0.3, -0.25) is 4.79 Å². The number of nitrogens with zero attached hydrogens (tertiary/aromatic N) is 1. The van der Waals surface area contributed by atoms with E-state index >= 15 is 0 Å². The molecule has 0 unspecified atom stereocenters. The molecule has 0 aliphatic carbocycles. The highest BCUT2D eigenvalue weighted by Gasteiger charge is 2.26. The van der Waals surface area contributed by atoms with E-state index in [4.69, 9.17) is 4.74 Å². The maximum Gasteiger partial charge on any atom is 0.323 e. The lowest BCUT2D eigenvalue weighted by molar-refractivity contribution is 0.0993. The van der Waals surface area contributed by atoms with Crippen molar-refractivity contribution in [2.45, 2.75) is 6.92 Å². The summed E-state index contributed by atoms with van der Waals surface area (Å²) in [6, 6.07) is 12.4. The Morgan fingerprint density at radius 1 is 0.967 bits per heavy atom. The van der Waals surface area contributed by atoms with E-state index in [0.29, 0.717) is 17.2 Å². The van der Waals surface area contributed by atoms with Crippen LogP contribution in [0, 0.1) is 18.6 Å². The Bertz CT molecular complexity index is 1160. The molecule has 152 valence electrons. The standard InChI is InChI=1S/C22H17F2N3O3/c1-12-6-8-19-17(10-12)27(2)21(28)14-11-13(7-9-18(14)30-19)25-22(29)26-20-15(23)4-3-5-16(20)24/h3-11H,1-2H3,(H2,25,26,29). The number of halogens is 2. The molecule has 1 aliphatic heterocycles. The summed E-state index contributed by atoms with van der Waals surface area (Å²) in [6.07, 6.45) is 0. The molecule has 1 heterocycles. The van der Waals surface area contributed by atoms with Gasteiger partial charge in [-0.05, 0) is 55.0 Å². The molecular weight excluding hydrogens is 392 g/mol. The number of urea groups is 1. The van der Waals surface area contributed by atoms with Crippen LogP contribution in [-0.4, -0.2) is 19.0 Å². The monoisotopic (exact) mass is 409 g/mol. The van der Waals surface area contributed by atoms with Gasteiger partial charge in [0.25, 0.3) is 5.91 Å². The first-order valence-electron chi connectivity index (χ1n) is 9.06. The van der Waals surface area contributed by atoms with Gasteiger partial charge in [0.05, 0.1) is 11.3 Å². The SMILES string of the molecule is Cc1ccc2c(c1)N(C)C(=O)c1cc(NC(=O)Nc3c(F)cccc3F)ccc1O2. The Balaban J connectivity index is 1.60. The van der Waals surface area contributed by atoms with Gasteiger partial charge in [0.1, 0.15) is 23.1 Å². The fourth-order valence-corrected chi connectivity index (χ4v) is 3.14. The molecule has 0 saturated carbocycles. The third kappa shape index (κ3) is 3.55. The van der Waals surface area contributed by atoms with Crippen LogP contribution in [0.2, 0.25) is 0 Å². The second-order valence-electron chi connectivity index (χ2n) is 6.82. The number of nitrogens with one attached hydrogen (secondary N) is 2. The van der Waals surface area contributed by atoms with Crippen molar-refractivity contribution in [3.63, 3.8) is 0 Å². The summed E-state index contributed by atoms with van der Waals surface area (Å²) in [4.78, 5) is 26.6. The van der Waals surface area contributed by atoms with Gasteiger partial charge in [-0.2, -0.15) is 0 Å². The lowest BCUT2D eigenvalue weighted by atomic mass is 10.1. The Labute approximate surface area is 171 Å². The summed E-state index contributed by atoms with van der Waals surface area (Å²) < 4.78 is 33.3. The average Bonchev–Trinajstić information content (AvgIpc) is 2.81.